The van der Waals surface area contributed by atoms with Crippen LogP contribution in [0.2, 0.25) is 0 Å². The highest BCUT2D eigenvalue weighted by atomic mass is 79.9. The van der Waals surface area contributed by atoms with Gasteiger partial charge in [0.2, 0.25) is 0 Å². The van der Waals surface area contributed by atoms with Crippen LogP contribution >= 0.6 is 27.3 Å². The molecule has 27 heavy (non-hydrogen) atoms. The topological polar surface area (TPSA) is 46.9 Å². The molecule has 4 nitrogen and oxygen atoms in total. The van der Waals surface area contributed by atoms with E-state index in [4.69, 9.17) is 0 Å². The lowest BCUT2D eigenvalue weighted by molar-refractivity contribution is 0.0942. The number of thiophene rings is 1. The van der Waals surface area contributed by atoms with Gasteiger partial charge in [0.1, 0.15) is 5.69 Å². The lowest BCUT2D eigenvalue weighted by atomic mass is 10.2. The van der Waals surface area contributed by atoms with Crippen molar-refractivity contribution in [3.8, 4) is 0 Å². The minimum atomic E-state index is -0.0844. The normalized spacial score (nSPS) is 11.0. The summed E-state index contributed by atoms with van der Waals surface area (Å²) in [6.45, 7) is 3.16. The van der Waals surface area contributed by atoms with Crippen molar-refractivity contribution in [2.24, 2.45) is 0 Å². The quantitative estimate of drug-likeness (QED) is 0.467. The molecule has 0 aliphatic heterocycles. The summed E-state index contributed by atoms with van der Waals surface area (Å²) < 4.78 is 4.27. The van der Waals surface area contributed by atoms with Crippen molar-refractivity contribution in [1.29, 1.82) is 0 Å². The summed E-state index contributed by atoms with van der Waals surface area (Å²) in [4.78, 5) is 18.4. The molecule has 136 valence electrons. The Balaban J connectivity index is 1.64. The number of nitrogens with zero attached hydrogens (tertiary/aromatic N) is 2. The molecule has 0 saturated heterocycles. The van der Waals surface area contributed by atoms with Gasteiger partial charge in [-0.05, 0) is 48.9 Å². The van der Waals surface area contributed by atoms with Crippen molar-refractivity contribution in [1.82, 2.24) is 14.9 Å². The highest BCUT2D eigenvalue weighted by molar-refractivity contribution is 9.10. The van der Waals surface area contributed by atoms with E-state index in [-0.39, 0.29) is 5.91 Å². The SMILES string of the molecule is Cc1cc2c(cc(C(=O)NCc3ccccn3)n2Cc2ccc(Br)cc2)s1. The minimum Gasteiger partial charge on any atom is -0.345 e. The minimum absolute atomic E-state index is 0.0844. The van der Waals surface area contributed by atoms with Crippen molar-refractivity contribution in [3.63, 3.8) is 0 Å². The Morgan fingerprint density at radius 3 is 2.74 bits per heavy atom. The van der Waals surface area contributed by atoms with Gasteiger partial charge in [-0.25, -0.2) is 0 Å². The van der Waals surface area contributed by atoms with Gasteiger partial charge in [-0.2, -0.15) is 0 Å². The van der Waals surface area contributed by atoms with Gasteiger partial charge in [0.15, 0.2) is 0 Å². The maximum Gasteiger partial charge on any atom is 0.268 e. The molecule has 1 aromatic carbocycles. The van der Waals surface area contributed by atoms with E-state index < -0.39 is 0 Å². The number of pyridine rings is 1. The molecule has 0 atom stereocenters. The first-order valence-corrected chi connectivity index (χ1v) is 10.2. The van der Waals surface area contributed by atoms with E-state index in [0.29, 0.717) is 18.8 Å². The summed E-state index contributed by atoms with van der Waals surface area (Å²) in [7, 11) is 0. The maximum atomic E-state index is 12.9. The average Bonchev–Trinajstić information content (AvgIpc) is 3.19. The zero-order chi connectivity index (χ0) is 18.8. The third kappa shape index (κ3) is 3.96. The molecule has 0 radical (unpaired) electrons. The van der Waals surface area contributed by atoms with E-state index in [1.807, 2.05) is 36.4 Å². The second-order valence-corrected chi connectivity index (χ2v) is 8.56. The number of fused-ring (bicyclic) bond motifs is 1. The summed E-state index contributed by atoms with van der Waals surface area (Å²) in [5.74, 6) is -0.0844. The summed E-state index contributed by atoms with van der Waals surface area (Å²) in [5.41, 5.74) is 3.77. The second kappa shape index (κ2) is 7.66. The van der Waals surface area contributed by atoms with E-state index in [2.05, 4.69) is 55.9 Å². The highest BCUT2D eigenvalue weighted by Crippen LogP contribution is 2.29. The van der Waals surface area contributed by atoms with Crippen molar-refractivity contribution in [2.75, 3.05) is 0 Å². The van der Waals surface area contributed by atoms with Gasteiger partial charge in [-0.3, -0.25) is 9.78 Å². The fraction of sp³-hybridized carbons (Fsp3) is 0.143. The number of hydrogen-bond acceptors (Lipinski definition) is 3. The van der Waals surface area contributed by atoms with E-state index in [1.165, 1.54) is 4.88 Å². The Labute approximate surface area is 170 Å². The van der Waals surface area contributed by atoms with E-state index >= 15 is 0 Å². The Hall–Kier alpha value is -2.44. The first-order valence-electron chi connectivity index (χ1n) is 8.62. The largest absolute Gasteiger partial charge is 0.345 e. The van der Waals surface area contributed by atoms with Crippen molar-refractivity contribution in [2.45, 2.75) is 20.0 Å². The third-order valence-electron chi connectivity index (χ3n) is 4.36. The van der Waals surface area contributed by atoms with Gasteiger partial charge in [-0.1, -0.05) is 34.1 Å². The summed E-state index contributed by atoms with van der Waals surface area (Å²) in [6, 6.07) is 18.0. The number of aromatic nitrogens is 2. The van der Waals surface area contributed by atoms with Gasteiger partial charge in [-0.15, -0.1) is 11.3 Å². The van der Waals surface area contributed by atoms with Crippen LogP contribution in [0.1, 0.15) is 26.6 Å². The molecule has 4 aromatic rings. The first kappa shape index (κ1) is 17.9. The molecule has 4 rings (SSSR count). The molecular weight excluding hydrogens is 422 g/mol. The predicted octanol–water partition coefficient (Wildman–Crippen LogP) is 5.15. The number of rotatable bonds is 5. The fourth-order valence-electron chi connectivity index (χ4n) is 3.06. The van der Waals surface area contributed by atoms with Crippen LogP contribution in [0.3, 0.4) is 0 Å². The lowest BCUT2D eigenvalue weighted by Gasteiger charge is -2.11. The van der Waals surface area contributed by atoms with E-state index in [0.717, 1.165) is 25.9 Å². The van der Waals surface area contributed by atoms with Crippen molar-refractivity contribution >= 4 is 43.4 Å². The average molecular weight is 440 g/mol. The molecule has 0 bridgehead atoms. The molecule has 0 aliphatic rings. The molecule has 0 unspecified atom stereocenters. The van der Waals surface area contributed by atoms with E-state index in [1.54, 1.807) is 17.5 Å². The van der Waals surface area contributed by atoms with Gasteiger partial charge in [0.05, 0.1) is 22.5 Å². The summed E-state index contributed by atoms with van der Waals surface area (Å²) in [5, 5.41) is 2.99. The molecule has 1 N–H and O–H groups in total. The number of aryl methyl sites for hydroxylation is 1. The van der Waals surface area contributed by atoms with Gasteiger partial charge < -0.3 is 9.88 Å². The predicted molar refractivity (Wildman–Crippen MR) is 113 cm³/mol. The second-order valence-electron chi connectivity index (χ2n) is 6.35. The molecule has 3 heterocycles. The molecule has 3 aromatic heterocycles. The Kier molecular flexibility index (Phi) is 5.09. The zero-order valence-electron chi connectivity index (χ0n) is 14.8. The van der Waals surface area contributed by atoms with Crippen LogP contribution in [0.15, 0.2) is 65.3 Å². The van der Waals surface area contributed by atoms with E-state index in [9.17, 15) is 4.79 Å². The van der Waals surface area contributed by atoms with Gasteiger partial charge >= 0.3 is 0 Å². The number of carbonyl (C=O) groups is 1. The van der Waals surface area contributed by atoms with Crippen LogP contribution in [0, 0.1) is 6.92 Å². The number of halogens is 1. The monoisotopic (exact) mass is 439 g/mol. The van der Waals surface area contributed by atoms with Crippen molar-refractivity contribution < 1.29 is 4.79 Å². The summed E-state index contributed by atoms with van der Waals surface area (Å²) >= 11 is 5.18. The number of carbonyl (C=O) groups excluding carboxylic acids is 1. The number of hydrogen-bond donors (Lipinski definition) is 1. The van der Waals surface area contributed by atoms with Crippen LogP contribution in [-0.4, -0.2) is 15.5 Å². The fourth-order valence-corrected chi connectivity index (χ4v) is 4.29. The highest BCUT2D eigenvalue weighted by Gasteiger charge is 2.17. The first-order chi connectivity index (χ1) is 13.1. The standard InChI is InChI=1S/C21H18BrN3OS/c1-14-10-18-20(27-14)11-19(21(26)24-12-17-4-2-3-9-23-17)25(18)13-15-5-7-16(22)8-6-15/h2-11H,12-13H2,1H3,(H,24,26). The van der Waals surface area contributed by atoms with Gasteiger partial charge in [0.25, 0.3) is 5.91 Å². The Morgan fingerprint density at radius 1 is 1.19 bits per heavy atom. The Bertz CT molecular complexity index is 1080. The molecule has 0 fully saturated rings. The van der Waals surface area contributed by atoms with Crippen LogP contribution in [-0.2, 0) is 13.1 Å². The number of amides is 1. The lowest BCUT2D eigenvalue weighted by Crippen LogP contribution is -2.26. The molecule has 0 spiro atoms. The van der Waals surface area contributed by atoms with Crippen LogP contribution in [0.4, 0.5) is 0 Å². The van der Waals surface area contributed by atoms with Gasteiger partial charge in [0, 0.05) is 22.1 Å². The molecule has 0 saturated carbocycles. The molecule has 6 heteroatoms. The number of benzene rings is 1. The molecular formula is C21H18BrN3OS. The molecule has 0 aliphatic carbocycles. The van der Waals surface area contributed by atoms with Crippen LogP contribution in [0.5, 0.6) is 0 Å². The smallest absolute Gasteiger partial charge is 0.268 e. The number of nitrogens with one attached hydrogen (secondary N) is 1. The third-order valence-corrected chi connectivity index (χ3v) is 5.87. The molecule has 1 amide bonds. The van der Waals surface area contributed by atoms with Crippen molar-refractivity contribution in [3.05, 3.63) is 87.1 Å². The maximum absolute atomic E-state index is 12.9. The van der Waals surface area contributed by atoms with Crippen LogP contribution < -0.4 is 5.32 Å². The van der Waals surface area contributed by atoms with Crippen LogP contribution in [0.25, 0.3) is 10.2 Å². The zero-order valence-corrected chi connectivity index (χ0v) is 17.2. The Morgan fingerprint density at radius 2 is 2.00 bits per heavy atom. The summed E-state index contributed by atoms with van der Waals surface area (Å²) in [6.07, 6.45) is 1.73.